The van der Waals surface area contributed by atoms with Gasteiger partial charge in [0, 0.05) is 0 Å². The molecule has 2 aromatic carbocycles. The van der Waals surface area contributed by atoms with E-state index < -0.39 is 23.6 Å². The average molecular weight is 366 g/mol. The summed E-state index contributed by atoms with van der Waals surface area (Å²) in [6.07, 6.45) is -1.00. The highest BCUT2D eigenvalue weighted by atomic mass is 16.7. The van der Waals surface area contributed by atoms with E-state index in [2.05, 4.69) is 0 Å². The maximum atomic E-state index is 12.7. The third-order valence-corrected chi connectivity index (χ3v) is 4.85. The topological polar surface area (TPSA) is 84.2 Å². The molecule has 0 unspecified atom stereocenters. The van der Waals surface area contributed by atoms with Crippen molar-refractivity contribution in [3.8, 4) is 17.2 Å². The van der Waals surface area contributed by atoms with Crippen LogP contribution in [0.5, 0.6) is 17.2 Å². The Bertz CT molecular complexity index is 1130. The quantitative estimate of drug-likeness (QED) is 0.509. The van der Waals surface area contributed by atoms with Crippen LogP contribution in [0.15, 0.2) is 51.7 Å². The van der Waals surface area contributed by atoms with E-state index in [-0.39, 0.29) is 6.79 Å². The maximum absolute atomic E-state index is 12.7. The van der Waals surface area contributed by atoms with Crippen LogP contribution < -0.4 is 19.8 Å². The van der Waals surface area contributed by atoms with Gasteiger partial charge in [-0.25, -0.2) is 9.59 Å². The lowest BCUT2D eigenvalue weighted by atomic mass is 9.88. The number of fused-ring (bicyclic) bond motifs is 4. The number of methoxy groups -OCH3 is 1. The first-order valence-electron chi connectivity index (χ1n) is 8.37. The van der Waals surface area contributed by atoms with Gasteiger partial charge >= 0.3 is 11.6 Å². The number of carbonyl (C=O) groups excluding carboxylic acids is 1. The van der Waals surface area contributed by atoms with Crippen LogP contribution in [-0.4, -0.2) is 26.0 Å². The molecule has 1 aromatic heterocycles. The molecule has 0 amide bonds. The van der Waals surface area contributed by atoms with Crippen LogP contribution in [0.1, 0.15) is 17.0 Å². The standard InChI is InChI=1S/C20H14O7/c1-23-20(22)18-15(10-6-7-13-14(8-10)25-9-24-13)16-17(27-18)11-4-2-3-5-12(11)26-19(16)21/h2-8,15,18H,9H2,1H3/t15-,18-/m0/s1. The van der Waals surface area contributed by atoms with Gasteiger partial charge in [0.1, 0.15) is 11.3 Å². The molecule has 0 spiro atoms. The lowest BCUT2D eigenvalue weighted by molar-refractivity contribution is -0.148. The summed E-state index contributed by atoms with van der Waals surface area (Å²) in [6.45, 7) is 0.129. The Morgan fingerprint density at radius 2 is 1.93 bits per heavy atom. The normalized spacial score (nSPS) is 19.6. The Balaban J connectivity index is 1.75. The van der Waals surface area contributed by atoms with Gasteiger partial charge in [0.15, 0.2) is 11.5 Å². The first-order chi connectivity index (χ1) is 13.2. The molecule has 0 N–H and O–H groups in total. The number of benzene rings is 2. The van der Waals surface area contributed by atoms with Gasteiger partial charge in [-0.05, 0) is 29.8 Å². The van der Waals surface area contributed by atoms with E-state index in [1.807, 2.05) is 6.07 Å². The maximum Gasteiger partial charge on any atom is 0.348 e. The number of carbonyl (C=O) groups is 1. The van der Waals surface area contributed by atoms with Crippen molar-refractivity contribution in [1.82, 2.24) is 0 Å². The number of ether oxygens (including phenoxy) is 4. The van der Waals surface area contributed by atoms with Gasteiger partial charge < -0.3 is 23.4 Å². The number of esters is 1. The average Bonchev–Trinajstić information content (AvgIpc) is 3.32. The summed E-state index contributed by atoms with van der Waals surface area (Å²) in [4.78, 5) is 25.2. The van der Waals surface area contributed by atoms with E-state index in [0.29, 0.717) is 39.3 Å². The van der Waals surface area contributed by atoms with E-state index in [0.717, 1.165) is 0 Å². The Morgan fingerprint density at radius 3 is 2.78 bits per heavy atom. The molecule has 3 aromatic rings. The van der Waals surface area contributed by atoms with Crippen LogP contribution in [0, 0.1) is 0 Å². The zero-order chi connectivity index (χ0) is 18.5. The SMILES string of the molecule is COC(=O)[C@H]1Oc2c(c(=O)oc3ccccc23)[C@@H]1c1ccc2c(c1)OCO2. The molecule has 0 bridgehead atoms. The second kappa shape index (κ2) is 5.77. The first kappa shape index (κ1) is 15.7. The minimum atomic E-state index is -1.00. The van der Waals surface area contributed by atoms with Crippen molar-refractivity contribution in [2.24, 2.45) is 0 Å². The van der Waals surface area contributed by atoms with Crippen LogP contribution in [-0.2, 0) is 9.53 Å². The van der Waals surface area contributed by atoms with Crippen LogP contribution in [0.25, 0.3) is 11.0 Å². The molecule has 0 saturated carbocycles. The van der Waals surface area contributed by atoms with Crippen molar-refractivity contribution in [2.45, 2.75) is 12.0 Å². The number of hydrogen-bond acceptors (Lipinski definition) is 7. The summed E-state index contributed by atoms with van der Waals surface area (Å²) in [5.74, 6) is 0.257. The summed E-state index contributed by atoms with van der Waals surface area (Å²) in [5, 5.41) is 0.629. The van der Waals surface area contributed by atoms with Gasteiger partial charge in [-0.2, -0.15) is 0 Å². The second-order valence-corrected chi connectivity index (χ2v) is 6.28. The molecular weight excluding hydrogens is 352 g/mol. The van der Waals surface area contributed by atoms with E-state index in [9.17, 15) is 9.59 Å². The molecule has 0 saturated heterocycles. The van der Waals surface area contributed by atoms with E-state index >= 15 is 0 Å². The van der Waals surface area contributed by atoms with Crippen LogP contribution in [0.3, 0.4) is 0 Å². The summed E-state index contributed by atoms with van der Waals surface area (Å²) in [7, 11) is 1.28. The zero-order valence-corrected chi connectivity index (χ0v) is 14.3. The van der Waals surface area contributed by atoms with Gasteiger partial charge in [0.25, 0.3) is 0 Å². The highest BCUT2D eigenvalue weighted by Gasteiger charge is 2.45. The molecule has 136 valence electrons. The molecule has 27 heavy (non-hydrogen) atoms. The number of hydrogen-bond donors (Lipinski definition) is 0. The van der Waals surface area contributed by atoms with E-state index in [4.69, 9.17) is 23.4 Å². The third-order valence-electron chi connectivity index (χ3n) is 4.85. The van der Waals surface area contributed by atoms with Crippen molar-refractivity contribution < 1.29 is 28.2 Å². The minimum Gasteiger partial charge on any atom is -0.476 e. The van der Waals surface area contributed by atoms with Crippen LogP contribution in [0.2, 0.25) is 0 Å². The molecule has 5 rings (SSSR count). The van der Waals surface area contributed by atoms with Gasteiger partial charge in [-0.1, -0.05) is 18.2 Å². The highest BCUT2D eigenvalue weighted by Crippen LogP contribution is 2.46. The fraction of sp³-hybridized carbons (Fsp3) is 0.200. The Hall–Kier alpha value is -3.48. The van der Waals surface area contributed by atoms with Crippen LogP contribution in [0.4, 0.5) is 0 Å². The molecule has 0 radical (unpaired) electrons. The monoisotopic (exact) mass is 366 g/mol. The van der Waals surface area contributed by atoms with E-state index in [1.54, 1.807) is 36.4 Å². The molecule has 0 fully saturated rings. The van der Waals surface area contributed by atoms with Crippen molar-refractivity contribution in [3.63, 3.8) is 0 Å². The fourth-order valence-corrected chi connectivity index (χ4v) is 3.63. The summed E-state index contributed by atoms with van der Waals surface area (Å²) in [6, 6.07) is 12.3. The molecule has 3 heterocycles. The summed E-state index contributed by atoms with van der Waals surface area (Å²) < 4.78 is 27.1. The smallest absolute Gasteiger partial charge is 0.348 e. The predicted molar refractivity (Wildman–Crippen MR) is 93.3 cm³/mol. The van der Waals surface area contributed by atoms with Gasteiger partial charge in [-0.3, -0.25) is 0 Å². The van der Waals surface area contributed by atoms with Gasteiger partial charge in [-0.15, -0.1) is 0 Å². The predicted octanol–water partition coefficient (Wildman–Crippen LogP) is 2.59. The Kier molecular flexibility index (Phi) is 3.36. The van der Waals surface area contributed by atoms with Gasteiger partial charge in [0.2, 0.25) is 12.9 Å². The largest absolute Gasteiger partial charge is 0.476 e. The highest BCUT2D eigenvalue weighted by molar-refractivity contribution is 5.88. The molecule has 2 atom stereocenters. The lowest BCUT2D eigenvalue weighted by Crippen LogP contribution is -2.31. The van der Waals surface area contributed by atoms with Crippen molar-refractivity contribution in [2.75, 3.05) is 13.9 Å². The minimum absolute atomic E-state index is 0.129. The number of rotatable bonds is 2. The van der Waals surface area contributed by atoms with Crippen molar-refractivity contribution >= 4 is 16.9 Å². The molecule has 0 aliphatic carbocycles. The number of para-hydroxylation sites is 1. The van der Waals surface area contributed by atoms with Crippen molar-refractivity contribution in [3.05, 3.63) is 64.0 Å². The zero-order valence-electron chi connectivity index (χ0n) is 14.3. The summed E-state index contributed by atoms with van der Waals surface area (Å²) in [5.41, 5.74) is 0.827. The molecule has 2 aliphatic rings. The molecule has 7 nitrogen and oxygen atoms in total. The van der Waals surface area contributed by atoms with Crippen LogP contribution >= 0.6 is 0 Å². The molecular formula is C20H14O7. The second-order valence-electron chi connectivity index (χ2n) is 6.28. The molecule has 2 aliphatic heterocycles. The summed E-state index contributed by atoms with van der Waals surface area (Å²) >= 11 is 0. The third kappa shape index (κ3) is 2.28. The lowest BCUT2D eigenvalue weighted by Gasteiger charge is -2.17. The van der Waals surface area contributed by atoms with Gasteiger partial charge in [0.05, 0.1) is 24.0 Å². The fourth-order valence-electron chi connectivity index (χ4n) is 3.63. The Morgan fingerprint density at radius 1 is 1.11 bits per heavy atom. The Labute approximate surface area is 153 Å². The molecule has 7 heteroatoms. The van der Waals surface area contributed by atoms with E-state index in [1.165, 1.54) is 7.11 Å². The van der Waals surface area contributed by atoms with Crippen molar-refractivity contribution in [1.29, 1.82) is 0 Å². The first-order valence-corrected chi connectivity index (χ1v) is 8.37.